The molecular formula is C18H17BrFNO4. The number of aliphatic carboxylic acids is 1. The molecule has 0 aliphatic rings. The van der Waals surface area contributed by atoms with Gasteiger partial charge in [0.1, 0.15) is 17.3 Å². The summed E-state index contributed by atoms with van der Waals surface area (Å²) in [6.45, 7) is 0.317. The monoisotopic (exact) mass is 409 g/mol. The minimum atomic E-state index is -0.898. The van der Waals surface area contributed by atoms with E-state index in [0.29, 0.717) is 30.0 Å². The van der Waals surface area contributed by atoms with E-state index in [-0.39, 0.29) is 18.1 Å². The number of carbonyl (C=O) groups excluding carboxylic acids is 1. The molecule has 0 heterocycles. The van der Waals surface area contributed by atoms with Crippen LogP contribution in [0.1, 0.15) is 23.2 Å². The van der Waals surface area contributed by atoms with Crippen molar-refractivity contribution in [2.45, 2.75) is 12.8 Å². The smallest absolute Gasteiger partial charge is 0.303 e. The van der Waals surface area contributed by atoms with Crippen molar-refractivity contribution in [1.82, 2.24) is 4.90 Å². The Kier molecular flexibility index (Phi) is 6.52. The fourth-order valence-corrected chi connectivity index (χ4v) is 2.50. The molecule has 0 saturated carbocycles. The molecule has 0 aliphatic carbocycles. The van der Waals surface area contributed by atoms with Crippen LogP contribution in [0, 0.1) is 5.82 Å². The number of rotatable bonds is 7. The molecule has 1 amide bonds. The highest BCUT2D eigenvalue weighted by atomic mass is 79.9. The fraction of sp³-hybridized carbons (Fsp3) is 0.222. The normalized spacial score (nSPS) is 10.4. The van der Waals surface area contributed by atoms with Crippen LogP contribution < -0.4 is 4.74 Å². The van der Waals surface area contributed by atoms with Gasteiger partial charge in [-0.15, -0.1) is 0 Å². The van der Waals surface area contributed by atoms with Crippen LogP contribution >= 0.6 is 15.9 Å². The van der Waals surface area contributed by atoms with Gasteiger partial charge in [0.05, 0.1) is 5.56 Å². The SMILES string of the molecule is CN(CCCC(=O)O)C(=O)c1ccc(Br)cc1Oc1ccc(F)cc1. The Morgan fingerprint density at radius 3 is 2.52 bits per heavy atom. The van der Waals surface area contributed by atoms with Crippen LogP contribution in [0.2, 0.25) is 0 Å². The number of amides is 1. The van der Waals surface area contributed by atoms with Crippen LogP contribution in [-0.4, -0.2) is 35.5 Å². The van der Waals surface area contributed by atoms with Gasteiger partial charge >= 0.3 is 5.97 Å². The van der Waals surface area contributed by atoms with Gasteiger partial charge in [0.2, 0.25) is 0 Å². The summed E-state index contributed by atoms with van der Waals surface area (Å²) in [5.41, 5.74) is 0.338. The molecule has 0 atom stereocenters. The van der Waals surface area contributed by atoms with Crippen molar-refractivity contribution in [1.29, 1.82) is 0 Å². The van der Waals surface area contributed by atoms with Crippen molar-refractivity contribution in [3.63, 3.8) is 0 Å². The van der Waals surface area contributed by atoms with E-state index in [9.17, 15) is 14.0 Å². The quantitative estimate of drug-likeness (QED) is 0.739. The second-order valence-electron chi connectivity index (χ2n) is 5.42. The first kappa shape index (κ1) is 18.9. The van der Waals surface area contributed by atoms with Gasteiger partial charge in [-0.1, -0.05) is 15.9 Å². The van der Waals surface area contributed by atoms with Crippen LogP contribution in [0.3, 0.4) is 0 Å². The molecular weight excluding hydrogens is 393 g/mol. The predicted molar refractivity (Wildman–Crippen MR) is 94.4 cm³/mol. The van der Waals surface area contributed by atoms with E-state index in [4.69, 9.17) is 9.84 Å². The van der Waals surface area contributed by atoms with Crippen molar-refractivity contribution in [2.24, 2.45) is 0 Å². The number of hydrogen-bond acceptors (Lipinski definition) is 3. The Hall–Kier alpha value is -2.41. The van der Waals surface area contributed by atoms with E-state index in [0.717, 1.165) is 4.47 Å². The standard InChI is InChI=1S/C18H17BrFNO4/c1-21(10-2-3-17(22)23)18(24)15-9-4-12(19)11-16(15)25-14-7-5-13(20)6-8-14/h4-9,11H,2-3,10H2,1H3,(H,22,23). The molecule has 5 nitrogen and oxygen atoms in total. The lowest BCUT2D eigenvalue weighted by Crippen LogP contribution is -2.28. The minimum absolute atomic E-state index is 0.00308. The van der Waals surface area contributed by atoms with E-state index in [1.54, 1.807) is 25.2 Å². The highest BCUT2D eigenvalue weighted by molar-refractivity contribution is 9.10. The minimum Gasteiger partial charge on any atom is -0.481 e. The molecule has 2 aromatic rings. The lowest BCUT2D eigenvalue weighted by molar-refractivity contribution is -0.137. The maximum absolute atomic E-state index is 13.0. The summed E-state index contributed by atoms with van der Waals surface area (Å²) in [5.74, 6) is -0.825. The van der Waals surface area contributed by atoms with Gasteiger partial charge < -0.3 is 14.7 Å². The Morgan fingerprint density at radius 1 is 1.20 bits per heavy atom. The van der Waals surface area contributed by atoms with E-state index >= 15 is 0 Å². The Morgan fingerprint density at radius 2 is 1.88 bits per heavy atom. The van der Waals surface area contributed by atoms with Gasteiger partial charge in [-0.3, -0.25) is 9.59 Å². The average molecular weight is 410 g/mol. The second-order valence-corrected chi connectivity index (χ2v) is 6.34. The molecule has 0 unspecified atom stereocenters. The van der Waals surface area contributed by atoms with Crippen molar-refractivity contribution >= 4 is 27.8 Å². The average Bonchev–Trinajstić information content (AvgIpc) is 2.56. The van der Waals surface area contributed by atoms with Crippen molar-refractivity contribution in [2.75, 3.05) is 13.6 Å². The summed E-state index contributed by atoms with van der Waals surface area (Å²) in [6.07, 6.45) is 0.360. The zero-order valence-corrected chi connectivity index (χ0v) is 15.1. The van der Waals surface area contributed by atoms with Crippen LogP contribution in [-0.2, 0) is 4.79 Å². The maximum Gasteiger partial charge on any atom is 0.303 e. The zero-order valence-electron chi connectivity index (χ0n) is 13.5. The topological polar surface area (TPSA) is 66.8 Å². The summed E-state index contributed by atoms with van der Waals surface area (Å²) in [7, 11) is 1.61. The van der Waals surface area contributed by atoms with E-state index in [1.807, 2.05) is 0 Å². The molecule has 0 spiro atoms. The first-order valence-corrected chi connectivity index (χ1v) is 8.36. The molecule has 132 valence electrons. The third kappa shape index (κ3) is 5.56. The lowest BCUT2D eigenvalue weighted by atomic mass is 10.1. The summed E-state index contributed by atoms with van der Waals surface area (Å²) in [5, 5.41) is 8.68. The van der Waals surface area contributed by atoms with Gasteiger partial charge in [0.15, 0.2) is 0 Å². The van der Waals surface area contributed by atoms with Gasteiger partial charge in [-0.2, -0.15) is 0 Å². The molecule has 0 aliphatic heterocycles. The van der Waals surface area contributed by atoms with Gasteiger partial charge in [-0.25, -0.2) is 4.39 Å². The number of carbonyl (C=O) groups is 2. The first-order chi connectivity index (χ1) is 11.9. The van der Waals surface area contributed by atoms with Gasteiger partial charge in [0, 0.05) is 24.5 Å². The van der Waals surface area contributed by atoms with Crippen molar-refractivity contribution in [3.05, 3.63) is 58.3 Å². The largest absolute Gasteiger partial charge is 0.481 e. The summed E-state index contributed by atoms with van der Waals surface area (Å²) < 4.78 is 19.5. The Labute approximate surface area is 153 Å². The third-order valence-electron chi connectivity index (χ3n) is 3.45. The molecule has 2 rings (SSSR count). The number of carboxylic acid groups (broad SMARTS) is 1. The third-order valence-corrected chi connectivity index (χ3v) is 3.94. The number of carboxylic acids is 1. The molecule has 1 N–H and O–H groups in total. The van der Waals surface area contributed by atoms with Crippen LogP contribution in [0.5, 0.6) is 11.5 Å². The molecule has 0 fully saturated rings. The summed E-state index contributed by atoms with van der Waals surface area (Å²) in [4.78, 5) is 24.7. The Balaban J connectivity index is 2.17. The van der Waals surface area contributed by atoms with Gasteiger partial charge in [0.25, 0.3) is 5.91 Å². The highest BCUT2D eigenvalue weighted by Crippen LogP contribution is 2.29. The van der Waals surface area contributed by atoms with Crippen molar-refractivity contribution < 1.29 is 23.8 Å². The van der Waals surface area contributed by atoms with Crippen LogP contribution in [0.15, 0.2) is 46.9 Å². The van der Waals surface area contributed by atoms with Crippen LogP contribution in [0.4, 0.5) is 4.39 Å². The van der Waals surface area contributed by atoms with E-state index in [1.165, 1.54) is 29.2 Å². The molecule has 0 aromatic heterocycles. The van der Waals surface area contributed by atoms with Gasteiger partial charge in [-0.05, 0) is 48.9 Å². The maximum atomic E-state index is 13.0. The number of hydrogen-bond donors (Lipinski definition) is 1. The molecule has 25 heavy (non-hydrogen) atoms. The highest BCUT2D eigenvalue weighted by Gasteiger charge is 2.18. The molecule has 7 heteroatoms. The summed E-state index contributed by atoms with van der Waals surface area (Å²) >= 11 is 3.34. The Bertz CT molecular complexity index is 764. The number of nitrogens with zero attached hydrogens (tertiary/aromatic N) is 1. The van der Waals surface area contributed by atoms with Crippen molar-refractivity contribution in [3.8, 4) is 11.5 Å². The number of benzene rings is 2. The molecule has 0 radical (unpaired) electrons. The fourth-order valence-electron chi connectivity index (χ4n) is 2.16. The number of halogens is 2. The number of ether oxygens (including phenoxy) is 1. The van der Waals surface area contributed by atoms with E-state index < -0.39 is 5.97 Å². The predicted octanol–water partition coefficient (Wildman–Crippen LogP) is 4.32. The second kappa shape index (κ2) is 8.62. The molecule has 2 aromatic carbocycles. The van der Waals surface area contributed by atoms with Crippen LogP contribution in [0.25, 0.3) is 0 Å². The van der Waals surface area contributed by atoms with E-state index in [2.05, 4.69) is 15.9 Å². The molecule has 0 bridgehead atoms. The lowest BCUT2D eigenvalue weighted by Gasteiger charge is -2.19. The zero-order chi connectivity index (χ0) is 18.4. The molecule has 0 saturated heterocycles. The summed E-state index contributed by atoms with van der Waals surface area (Å²) in [6, 6.07) is 10.5. The first-order valence-electron chi connectivity index (χ1n) is 7.57.